The Bertz CT molecular complexity index is 530. The molecule has 1 aliphatic rings. The Morgan fingerprint density at radius 2 is 2.26 bits per heavy atom. The molecule has 2 rings (SSSR count). The number of rotatable bonds is 5. The van der Waals surface area contributed by atoms with Gasteiger partial charge in [-0.3, -0.25) is 0 Å². The average Bonchev–Trinajstić information content (AvgIpc) is 2.70. The van der Waals surface area contributed by atoms with Crippen LogP contribution in [-0.2, 0) is 9.84 Å². The molecule has 1 N–H and O–H groups in total. The molecular formula is C14H20ClNO2S. The highest BCUT2D eigenvalue weighted by atomic mass is 35.5. The molecule has 1 aromatic carbocycles. The molecule has 19 heavy (non-hydrogen) atoms. The van der Waals surface area contributed by atoms with Gasteiger partial charge in [0.1, 0.15) is 0 Å². The maximum absolute atomic E-state index is 11.7. The molecule has 1 aliphatic heterocycles. The minimum Gasteiger partial charge on any atom is -0.310 e. The smallest absolute Gasteiger partial charge is 0.150 e. The average molecular weight is 302 g/mol. The standard InChI is InChI=1S/C14H20ClNO2S/c1-2-7-16-14(11-4-3-5-13(15)9-11)12-6-8-19(17,18)10-12/h3-5,9,12,14,16H,2,6-8,10H2,1H3. The second-order valence-electron chi connectivity index (χ2n) is 5.15. The zero-order valence-electron chi connectivity index (χ0n) is 11.1. The molecule has 106 valence electrons. The van der Waals surface area contributed by atoms with E-state index in [-0.39, 0.29) is 17.7 Å². The molecule has 0 spiro atoms. The Morgan fingerprint density at radius 3 is 2.84 bits per heavy atom. The molecular weight excluding hydrogens is 282 g/mol. The van der Waals surface area contributed by atoms with Crippen LogP contribution in [0.25, 0.3) is 0 Å². The van der Waals surface area contributed by atoms with E-state index in [1.54, 1.807) is 0 Å². The van der Waals surface area contributed by atoms with Gasteiger partial charge in [-0.1, -0.05) is 30.7 Å². The van der Waals surface area contributed by atoms with Crippen LogP contribution in [0.4, 0.5) is 0 Å². The lowest BCUT2D eigenvalue weighted by Gasteiger charge is -2.24. The summed E-state index contributed by atoms with van der Waals surface area (Å²) in [6.07, 6.45) is 1.76. The van der Waals surface area contributed by atoms with Gasteiger partial charge < -0.3 is 5.32 Å². The Balaban J connectivity index is 2.21. The summed E-state index contributed by atoms with van der Waals surface area (Å²) < 4.78 is 23.3. The Hall–Kier alpha value is -0.580. The van der Waals surface area contributed by atoms with Gasteiger partial charge >= 0.3 is 0 Å². The van der Waals surface area contributed by atoms with Crippen LogP contribution in [0.3, 0.4) is 0 Å². The van der Waals surface area contributed by atoms with E-state index in [2.05, 4.69) is 12.2 Å². The van der Waals surface area contributed by atoms with E-state index in [0.717, 1.165) is 24.9 Å². The third-order valence-electron chi connectivity index (χ3n) is 3.56. The van der Waals surface area contributed by atoms with Gasteiger partial charge in [0.05, 0.1) is 11.5 Å². The highest BCUT2D eigenvalue weighted by molar-refractivity contribution is 7.91. The molecule has 0 bridgehead atoms. The van der Waals surface area contributed by atoms with Crippen LogP contribution < -0.4 is 5.32 Å². The van der Waals surface area contributed by atoms with Gasteiger partial charge in [-0.15, -0.1) is 0 Å². The molecule has 0 radical (unpaired) electrons. The summed E-state index contributed by atoms with van der Waals surface area (Å²) in [6, 6.07) is 7.79. The molecule has 0 amide bonds. The van der Waals surface area contributed by atoms with E-state index in [9.17, 15) is 8.42 Å². The maximum Gasteiger partial charge on any atom is 0.150 e. The van der Waals surface area contributed by atoms with Crippen molar-refractivity contribution in [1.29, 1.82) is 0 Å². The minimum atomic E-state index is -2.86. The summed E-state index contributed by atoms with van der Waals surface area (Å²) in [5.41, 5.74) is 1.09. The second kappa shape index (κ2) is 6.25. The van der Waals surface area contributed by atoms with Gasteiger partial charge in [-0.05, 0) is 43.0 Å². The highest BCUT2D eigenvalue weighted by Gasteiger charge is 2.34. The van der Waals surface area contributed by atoms with Crippen molar-refractivity contribution in [2.45, 2.75) is 25.8 Å². The molecule has 0 saturated carbocycles. The second-order valence-corrected chi connectivity index (χ2v) is 7.82. The molecule has 1 aromatic rings. The number of hydrogen-bond acceptors (Lipinski definition) is 3. The summed E-state index contributed by atoms with van der Waals surface area (Å²) in [5, 5.41) is 4.17. The number of benzene rings is 1. The van der Waals surface area contributed by atoms with Crippen LogP contribution in [-0.4, -0.2) is 26.5 Å². The first kappa shape index (κ1) is 14.8. The van der Waals surface area contributed by atoms with Crippen LogP contribution >= 0.6 is 11.6 Å². The lowest BCUT2D eigenvalue weighted by molar-refractivity contribution is 0.393. The van der Waals surface area contributed by atoms with Gasteiger partial charge in [0.2, 0.25) is 0 Å². The van der Waals surface area contributed by atoms with Gasteiger partial charge in [0.25, 0.3) is 0 Å². The van der Waals surface area contributed by atoms with Crippen molar-refractivity contribution in [1.82, 2.24) is 5.32 Å². The lowest BCUT2D eigenvalue weighted by atomic mass is 9.92. The number of halogens is 1. The van der Waals surface area contributed by atoms with Crippen molar-refractivity contribution in [2.24, 2.45) is 5.92 Å². The van der Waals surface area contributed by atoms with Crippen molar-refractivity contribution < 1.29 is 8.42 Å². The summed E-state index contributed by atoms with van der Waals surface area (Å²) in [6.45, 7) is 2.99. The van der Waals surface area contributed by atoms with E-state index in [4.69, 9.17) is 11.6 Å². The molecule has 1 saturated heterocycles. The van der Waals surface area contributed by atoms with Crippen molar-refractivity contribution in [2.75, 3.05) is 18.1 Å². The van der Waals surface area contributed by atoms with Crippen molar-refractivity contribution in [3.8, 4) is 0 Å². The first-order chi connectivity index (χ1) is 9.02. The molecule has 3 nitrogen and oxygen atoms in total. The van der Waals surface area contributed by atoms with Gasteiger partial charge in [-0.2, -0.15) is 0 Å². The summed E-state index contributed by atoms with van der Waals surface area (Å²) in [5.74, 6) is 0.735. The van der Waals surface area contributed by atoms with Gasteiger partial charge in [-0.25, -0.2) is 8.42 Å². The minimum absolute atomic E-state index is 0.0796. The van der Waals surface area contributed by atoms with E-state index in [1.807, 2.05) is 24.3 Å². The Morgan fingerprint density at radius 1 is 1.47 bits per heavy atom. The SMILES string of the molecule is CCCNC(c1cccc(Cl)c1)C1CCS(=O)(=O)C1. The molecule has 1 fully saturated rings. The van der Waals surface area contributed by atoms with Gasteiger partial charge in [0.15, 0.2) is 9.84 Å². The predicted octanol–water partition coefficient (Wildman–Crippen LogP) is 2.82. The fourth-order valence-corrected chi connectivity index (χ4v) is 4.68. The fourth-order valence-electron chi connectivity index (χ4n) is 2.64. The molecule has 0 aliphatic carbocycles. The lowest BCUT2D eigenvalue weighted by Crippen LogP contribution is -2.29. The van der Waals surface area contributed by atoms with E-state index in [0.29, 0.717) is 10.8 Å². The quantitative estimate of drug-likeness (QED) is 0.909. The summed E-state index contributed by atoms with van der Waals surface area (Å²) in [4.78, 5) is 0. The van der Waals surface area contributed by atoms with Crippen molar-refractivity contribution >= 4 is 21.4 Å². The highest BCUT2D eigenvalue weighted by Crippen LogP contribution is 2.32. The number of nitrogens with one attached hydrogen (secondary N) is 1. The molecule has 0 aromatic heterocycles. The maximum atomic E-state index is 11.7. The Kier molecular flexibility index (Phi) is 4.87. The fraction of sp³-hybridized carbons (Fsp3) is 0.571. The normalized spacial score (nSPS) is 23.4. The number of sulfone groups is 1. The van der Waals surface area contributed by atoms with Crippen LogP contribution in [0, 0.1) is 5.92 Å². The summed E-state index contributed by atoms with van der Waals surface area (Å²) >= 11 is 6.04. The zero-order valence-corrected chi connectivity index (χ0v) is 12.7. The Labute approximate surface area is 120 Å². The zero-order chi connectivity index (χ0) is 13.9. The molecule has 2 atom stereocenters. The van der Waals surface area contributed by atoms with Gasteiger partial charge in [0, 0.05) is 11.1 Å². The first-order valence-electron chi connectivity index (χ1n) is 6.71. The van der Waals surface area contributed by atoms with E-state index < -0.39 is 9.84 Å². The molecule has 5 heteroatoms. The first-order valence-corrected chi connectivity index (χ1v) is 8.91. The third kappa shape index (κ3) is 3.94. The van der Waals surface area contributed by atoms with E-state index in [1.165, 1.54) is 0 Å². The largest absolute Gasteiger partial charge is 0.310 e. The predicted molar refractivity (Wildman–Crippen MR) is 79.2 cm³/mol. The monoisotopic (exact) mass is 301 g/mol. The van der Waals surface area contributed by atoms with Crippen molar-refractivity contribution in [3.05, 3.63) is 34.9 Å². The molecule has 1 heterocycles. The third-order valence-corrected chi connectivity index (χ3v) is 5.59. The topological polar surface area (TPSA) is 46.2 Å². The van der Waals surface area contributed by atoms with Crippen LogP contribution in [0.1, 0.15) is 31.4 Å². The van der Waals surface area contributed by atoms with Crippen molar-refractivity contribution in [3.63, 3.8) is 0 Å². The number of hydrogen-bond donors (Lipinski definition) is 1. The summed E-state index contributed by atoms with van der Waals surface area (Å²) in [7, 11) is -2.86. The van der Waals surface area contributed by atoms with Crippen LogP contribution in [0.15, 0.2) is 24.3 Å². The van der Waals surface area contributed by atoms with Crippen LogP contribution in [0.5, 0.6) is 0 Å². The van der Waals surface area contributed by atoms with E-state index >= 15 is 0 Å². The van der Waals surface area contributed by atoms with Crippen LogP contribution in [0.2, 0.25) is 5.02 Å². The molecule has 2 unspecified atom stereocenters.